The minimum Gasteiger partial charge on any atom is -0.353 e. The molecule has 2 aromatic heterocycles. The van der Waals surface area contributed by atoms with Crippen molar-refractivity contribution in [2.45, 2.75) is 46.7 Å². The van der Waals surface area contributed by atoms with Crippen molar-refractivity contribution >= 4 is 22.8 Å². The zero-order valence-electron chi connectivity index (χ0n) is 17.4. The number of pyridine rings is 1. The molecule has 0 radical (unpaired) electrons. The summed E-state index contributed by atoms with van der Waals surface area (Å²) in [6.45, 7) is 12.9. The van der Waals surface area contributed by atoms with Crippen LogP contribution in [0, 0.1) is 6.92 Å². The second kappa shape index (κ2) is 8.26. The van der Waals surface area contributed by atoms with Crippen molar-refractivity contribution in [3.8, 4) is 0 Å². The summed E-state index contributed by atoms with van der Waals surface area (Å²) in [5.74, 6) is 0.0258. The van der Waals surface area contributed by atoms with Crippen molar-refractivity contribution < 1.29 is 9.59 Å². The summed E-state index contributed by atoms with van der Waals surface area (Å²) in [6, 6.07) is 2.25. The third-order valence-corrected chi connectivity index (χ3v) is 4.96. The topological polar surface area (TPSA) is 83.4 Å². The molecule has 0 aromatic carbocycles. The Morgan fingerprint density at radius 3 is 2.43 bits per heavy atom. The molecule has 2 aromatic rings. The monoisotopic (exact) mass is 386 g/mol. The van der Waals surface area contributed by atoms with Gasteiger partial charge in [0.15, 0.2) is 5.65 Å². The van der Waals surface area contributed by atoms with Crippen LogP contribution in [0.15, 0.2) is 12.3 Å². The van der Waals surface area contributed by atoms with Gasteiger partial charge < -0.3 is 10.2 Å². The van der Waals surface area contributed by atoms with E-state index in [4.69, 9.17) is 0 Å². The van der Waals surface area contributed by atoms with Crippen molar-refractivity contribution in [1.82, 2.24) is 29.9 Å². The second-order valence-electron chi connectivity index (χ2n) is 8.01. The average molecular weight is 387 g/mol. The lowest BCUT2D eigenvalue weighted by Gasteiger charge is -2.34. The summed E-state index contributed by atoms with van der Waals surface area (Å²) in [4.78, 5) is 33.5. The zero-order chi connectivity index (χ0) is 20.4. The van der Waals surface area contributed by atoms with E-state index in [1.54, 1.807) is 6.20 Å². The first-order valence-corrected chi connectivity index (χ1v) is 9.92. The van der Waals surface area contributed by atoms with Crippen LogP contribution in [0.4, 0.5) is 0 Å². The van der Waals surface area contributed by atoms with Crippen LogP contribution in [0.5, 0.6) is 0 Å². The van der Waals surface area contributed by atoms with Crippen LogP contribution >= 0.6 is 0 Å². The van der Waals surface area contributed by atoms with Gasteiger partial charge in [0.05, 0.1) is 24.0 Å². The first-order chi connectivity index (χ1) is 13.3. The van der Waals surface area contributed by atoms with Crippen molar-refractivity contribution in [2.75, 3.05) is 32.7 Å². The molecule has 1 N–H and O–H groups in total. The molecule has 0 saturated carbocycles. The Balaban J connectivity index is 1.67. The fourth-order valence-electron chi connectivity index (χ4n) is 3.51. The molecule has 2 amide bonds. The van der Waals surface area contributed by atoms with E-state index in [0.717, 1.165) is 16.7 Å². The van der Waals surface area contributed by atoms with Crippen LogP contribution in [-0.4, -0.2) is 75.1 Å². The van der Waals surface area contributed by atoms with Crippen molar-refractivity contribution in [3.63, 3.8) is 0 Å². The molecule has 3 rings (SSSR count). The number of piperazine rings is 1. The summed E-state index contributed by atoms with van der Waals surface area (Å²) >= 11 is 0. The number of hydrogen-bond donors (Lipinski definition) is 1. The number of fused-ring (bicyclic) bond motifs is 1. The lowest BCUT2D eigenvalue weighted by molar-refractivity contribution is -0.123. The van der Waals surface area contributed by atoms with Crippen molar-refractivity contribution in [3.05, 3.63) is 23.5 Å². The molecule has 0 bridgehead atoms. The molecule has 1 fully saturated rings. The fraction of sp³-hybridized carbons (Fsp3) is 0.600. The van der Waals surface area contributed by atoms with E-state index in [-0.39, 0.29) is 23.9 Å². The Morgan fingerprint density at radius 2 is 1.82 bits per heavy atom. The molecule has 1 saturated heterocycles. The van der Waals surface area contributed by atoms with Gasteiger partial charge in [-0.15, -0.1) is 0 Å². The first kappa shape index (κ1) is 20.3. The van der Waals surface area contributed by atoms with Gasteiger partial charge in [0, 0.05) is 43.6 Å². The minimum absolute atomic E-state index is 0.00419. The van der Waals surface area contributed by atoms with Crippen LogP contribution in [0.25, 0.3) is 11.0 Å². The molecule has 8 nitrogen and oxygen atoms in total. The predicted molar refractivity (Wildman–Crippen MR) is 108 cm³/mol. The minimum atomic E-state index is -0.00419. The van der Waals surface area contributed by atoms with Crippen LogP contribution < -0.4 is 5.32 Å². The molecule has 8 heteroatoms. The fourth-order valence-corrected chi connectivity index (χ4v) is 3.51. The predicted octanol–water partition coefficient (Wildman–Crippen LogP) is 1.60. The van der Waals surface area contributed by atoms with Gasteiger partial charge in [0.1, 0.15) is 0 Å². The van der Waals surface area contributed by atoms with Gasteiger partial charge in [-0.25, -0.2) is 9.67 Å². The van der Waals surface area contributed by atoms with Gasteiger partial charge in [-0.2, -0.15) is 5.10 Å². The van der Waals surface area contributed by atoms with Gasteiger partial charge in [-0.3, -0.25) is 14.5 Å². The smallest absolute Gasteiger partial charge is 0.255 e. The molecule has 0 unspecified atom stereocenters. The standard InChI is InChI=1S/C20H30N6O2/c1-13(2)22-18(27)12-24-6-8-25(9-7-24)20(28)17-10-16-11-21-26(14(3)4)19(16)23-15(17)5/h10-11,13-14H,6-9,12H2,1-5H3,(H,22,27). The highest BCUT2D eigenvalue weighted by atomic mass is 16.2. The highest BCUT2D eigenvalue weighted by molar-refractivity contribution is 5.98. The van der Waals surface area contributed by atoms with Crippen molar-refractivity contribution in [1.29, 1.82) is 0 Å². The lowest BCUT2D eigenvalue weighted by Crippen LogP contribution is -2.51. The maximum atomic E-state index is 13.0. The number of aryl methyl sites for hydroxylation is 1. The van der Waals surface area contributed by atoms with Gasteiger partial charge in [0.25, 0.3) is 5.91 Å². The maximum absolute atomic E-state index is 13.0. The van der Waals surface area contributed by atoms with E-state index >= 15 is 0 Å². The number of carbonyl (C=O) groups excluding carboxylic acids is 2. The van der Waals surface area contributed by atoms with Crippen LogP contribution in [0.1, 0.15) is 49.8 Å². The number of rotatable bonds is 5. The number of nitrogens with zero attached hydrogens (tertiary/aromatic N) is 5. The van der Waals surface area contributed by atoms with E-state index in [1.807, 2.05) is 36.4 Å². The Morgan fingerprint density at radius 1 is 1.14 bits per heavy atom. The highest BCUT2D eigenvalue weighted by Crippen LogP contribution is 2.21. The van der Waals surface area contributed by atoms with Crippen LogP contribution in [0.3, 0.4) is 0 Å². The van der Waals surface area contributed by atoms with Gasteiger partial charge in [-0.1, -0.05) is 0 Å². The number of aromatic nitrogens is 3. The molecule has 1 aliphatic rings. The van der Waals surface area contributed by atoms with E-state index in [1.165, 1.54) is 0 Å². The van der Waals surface area contributed by atoms with E-state index in [9.17, 15) is 9.59 Å². The Labute approximate surface area is 165 Å². The highest BCUT2D eigenvalue weighted by Gasteiger charge is 2.25. The first-order valence-electron chi connectivity index (χ1n) is 9.92. The Hall–Kier alpha value is -2.48. The zero-order valence-corrected chi connectivity index (χ0v) is 17.4. The molecule has 0 aliphatic carbocycles. The van der Waals surface area contributed by atoms with Crippen LogP contribution in [-0.2, 0) is 4.79 Å². The third-order valence-electron chi connectivity index (χ3n) is 4.96. The molecule has 152 valence electrons. The number of carbonyl (C=O) groups is 2. The summed E-state index contributed by atoms with van der Waals surface area (Å²) < 4.78 is 1.87. The molecular formula is C20H30N6O2. The third kappa shape index (κ3) is 4.32. The second-order valence-corrected chi connectivity index (χ2v) is 8.01. The number of nitrogens with one attached hydrogen (secondary N) is 1. The van der Waals surface area contributed by atoms with E-state index in [2.05, 4.69) is 34.1 Å². The largest absolute Gasteiger partial charge is 0.353 e. The van der Waals surface area contributed by atoms with Gasteiger partial charge >= 0.3 is 0 Å². The average Bonchev–Trinajstić information content (AvgIpc) is 3.03. The number of hydrogen-bond acceptors (Lipinski definition) is 5. The van der Waals surface area contributed by atoms with Gasteiger partial charge in [-0.05, 0) is 40.7 Å². The molecule has 1 aliphatic heterocycles. The SMILES string of the molecule is Cc1nc2c(cnn2C(C)C)cc1C(=O)N1CCN(CC(=O)NC(C)C)CC1. The molecule has 28 heavy (non-hydrogen) atoms. The van der Waals surface area contributed by atoms with E-state index in [0.29, 0.717) is 38.3 Å². The molecule has 0 atom stereocenters. The lowest BCUT2D eigenvalue weighted by atomic mass is 10.1. The molecular weight excluding hydrogens is 356 g/mol. The van der Waals surface area contributed by atoms with Crippen LogP contribution in [0.2, 0.25) is 0 Å². The summed E-state index contributed by atoms with van der Waals surface area (Å²) in [7, 11) is 0. The summed E-state index contributed by atoms with van der Waals surface area (Å²) in [5.41, 5.74) is 2.16. The van der Waals surface area contributed by atoms with Gasteiger partial charge in [0.2, 0.25) is 5.91 Å². The number of amides is 2. The molecule has 3 heterocycles. The quantitative estimate of drug-likeness (QED) is 0.844. The molecule has 0 spiro atoms. The van der Waals surface area contributed by atoms with E-state index < -0.39 is 0 Å². The Kier molecular flexibility index (Phi) is 5.98. The summed E-state index contributed by atoms with van der Waals surface area (Å²) in [5, 5.41) is 8.18. The Bertz CT molecular complexity index is 865. The van der Waals surface area contributed by atoms with Crippen molar-refractivity contribution in [2.24, 2.45) is 0 Å². The normalized spacial score (nSPS) is 15.6. The summed E-state index contributed by atoms with van der Waals surface area (Å²) in [6.07, 6.45) is 1.77. The maximum Gasteiger partial charge on any atom is 0.255 e.